The van der Waals surface area contributed by atoms with E-state index in [1.54, 1.807) is 4.68 Å². The predicted molar refractivity (Wildman–Crippen MR) is 73.5 cm³/mol. The number of hydrogen-bond donors (Lipinski definition) is 0. The summed E-state index contributed by atoms with van der Waals surface area (Å²) in [7, 11) is 0. The Bertz CT molecular complexity index is 394. The van der Waals surface area contributed by atoms with E-state index in [-0.39, 0.29) is 11.6 Å². The fourth-order valence-electron chi connectivity index (χ4n) is 1.48. The van der Waals surface area contributed by atoms with Crippen LogP contribution in [0.1, 0.15) is 38.1 Å². The van der Waals surface area contributed by atoms with Crippen molar-refractivity contribution in [3.05, 3.63) is 11.4 Å². The third-order valence-electron chi connectivity index (χ3n) is 2.27. The highest BCUT2D eigenvalue weighted by Crippen LogP contribution is 2.53. The van der Waals surface area contributed by atoms with Crippen molar-refractivity contribution >= 4 is 58.0 Å². The van der Waals surface area contributed by atoms with Crippen LogP contribution in [0.2, 0.25) is 0 Å². The van der Waals surface area contributed by atoms with Gasteiger partial charge < -0.3 is 0 Å². The van der Waals surface area contributed by atoms with Gasteiger partial charge in [-0.15, -0.1) is 5.10 Å². The lowest BCUT2D eigenvalue weighted by atomic mass is 10.1. The van der Waals surface area contributed by atoms with Gasteiger partial charge in [0.2, 0.25) is 8.13 Å². The first-order valence-electron chi connectivity index (χ1n) is 5.01. The van der Waals surface area contributed by atoms with Gasteiger partial charge in [0.1, 0.15) is 5.69 Å². The molecule has 1 aromatic rings. The summed E-state index contributed by atoms with van der Waals surface area (Å²) >= 11 is 29.6. The summed E-state index contributed by atoms with van der Waals surface area (Å²) in [5.74, 6) is 0.115. The molecule has 0 N–H and O–H groups in total. The first-order valence-corrected chi connectivity index (χ1v) is 6.90. The Morgan fingerprint density at radius 2 is 1.71 bits per heavy atom. The first kappa shape index (κ1) is 15.6. The fraction of sp³-hybridized carbons (Fsp3) is 0.778. The maximum Gasteiger partial charge on any atom is 0.228 e. The van der Waals surface area contributed by atoms with Crippen molar-refractivity contribution in [3.8, 4) is 0 Å². The third-order valence-corrected chi connectivity index (χ3v) is 4.63. The second-order valence-corrected chi connectivity index (χ2v) is 7.47. The van der Waals surface area contributed by atoms with E-state index in [1.807, 2.05) is 20.8 Å². The van der Waals surface area contributed by atoms with Crippen LogP contribution in [0.4, 0.5) is 0 Å². The number of alkyl halides is 5. The highest BCUT2D eigenvalue weighted by atomic mass is 35.6. The molecule has 0 amide bonds. The van der Waals surface area contributed by atoms with E-state index in [1.165, 1.54) is 0 Å². The third kappa shape index (κ3) is 2.95. The van der Waals surface area contributed by atoms with E-state index >= 15 is 0 Å². The average molecular weight is 339 g/mol. The molecule has 0 aliphatic carbocycles. The lowest BCUT2D eigenvalue weighted by Gasteiger charge is -2.27. The maximum atomic E-state index is 6.11. The van der Waals surface area contributed by atoms with Crippen molar-refractivity contribution in [2.45, 2.75) is 41.4 Å². The molecule has 0 spiro atoms. The molecule has 1 heterocycles. The van der Waals surface area contributed by atoms with Crippen molar-refractivity contribution in [1.82, 2.24) is 15.0 Å². The Hall–Kier alpha value is 0.590. The Balaban J connectivity index is 3.37. The smallest absolute Gasteiger partial charge is 0.228 e. The molecule has 0 saturated carbocycles. The molecule has 0 atom stereocenters. The van der Waals surface area contributed by atoms with Crippen molar-refractivity contribution in [2.24, 2.45) is 0 Å². The van der Waals surface area contributed by atoms with Crippen LogP contribution in [0, 0.1) is 0 Å². The molecule has 0 saturated heterocycles. The van der Waals surface area contributed by atoms with Gasteiger partial charge in [0, 0.05) is 6.54 Å². The van der Waals surface area contributed by atoms with E-state index in [2.05, 4.69) is 10.3 Å². The molecule has 1 rings (SSSR count). The van der Waals surface area contributed by atoms with Crippen LogP contribution < -0.4 is 0 Å². The maximum absolute atomic E-state index is 6.11. The molecule has 0 radical (unpaired) electrons. The van der Waals surface area contributed by atoms with Crippen LogP contribution in [-0.4, -0.2) is 18.8 Å². The average Bonchev–Trinajstić information content (AvgIpc) is 2.59. The summed E-state index contributed by atoms with van der Waals surface area (Å²) in [6.07, 6.45) is 0. The van der Waals surface area contributed by atoms with Gasteiger partial charge in [0.25, 0.3) is 0 Å². The summed E-state index contributed by atoms with van der Waals surface area (Å²) in [4.78, 5) is 0. The van der Waals surface area contributed by atoms with Gasteiger partial charge in [-0.2, -0.15) is 0 Å². The number of rotatable bonds is 3. The molecular formula is C9H12Cl5N3. The van der Waals surface area contributed by atoms with E-state index in [9.17, 15) is 0 Å². The number of hydrogen-bond acceptors (Lipinski definition) is 2. The van der Waals surface area contributed by atoms with Gasteiger partial charge in [0.15, 0.2) is 0 Å². The zero-order valence-electron chi connectivity index (χ0n) is 9.52. The molecule has 0 aliphatic heterocycles. The monoisotopic (exact) mass is 337 g/mol. The molecule has 8 heteroatoms. The molecule has 0 unspecified atom stereocenters. The molecular weight excluding hydrogens is 327 g/mol. The minimum Gasteiger partial charge on any atom is -0.249 e. The summed E-state index contributed by atoms with van der Waals surface area (Å²) in [6.45, 7) is 6.52. The molecule has 1 aromatic heterocycles. The van der Waals surface area contributed by atoms with Gasteiger partial charge >= 0.3 is 0 Å². The Labute approximate surface area is 125 Å². The predicted octanol–water partition coefficient (Wildman–Crippen LogP) is 4.42. The summed E-state index contributed by atoms with van der Waals surface area (Å²) < 4.78 is -1.92. The van der Waals surface area contributed by atoms with E-state index in [4.69, 9.17) is 58.0 Å². The van der Waals surface area contributed by atoms with Crippen molar-refractivity contribution in [3.63, 3.8) is 0 Å². The fourth-order valence-corrected chi connectivity index (χ4v) is 2.02. The zero-order valence-corrected chi connectivity index (χ0v) is 13.3. The van der Waals surface area contributed by atoms with Crippen LogP contribution in [0.5, 0.6) is 0 Å². The molecule has 0 aromatic carbocycles. The number of aromatic nitrogens is 3. The highest BCUT2D eigenvalue weighted by Gasteiger charge is 2.51. The number of aryl methyl sites for hydroxylation is 1. The van der Waals surface area contributed by atoms with Crippen molar-refractivity contribution in [1.29, 1.82) is 0 Å². The summed E-state index contributed by atoms with van der Waals surface area (Å²) in [5, 5.41) is 7.90. The highest BCUT2D eigenvalue weighted by molar-refractivity contribution is 6.75. The van der Waals surface area contributed by atoms with Crippen molar-refractivity contribution < 1.29 is 0 Å². The van der Waals surface area contributed by atoms with E-state index in [0.717, 1.165) is 5.69 Å². The molecule has 98 valence electrons. The summed E-state index contributed by atoms with van der Waals surface area (Å²) in [5.41, 5.74) is 1.06. The van der Waals surface area contributed by atoms with Gasteiger partial charge in [-0.05, 0) is 12.8 Å². The standard InChI is InChI=1S/C9H12Cl5N3/c1-4-17-6(5(2)3)7(15-16-17)8(10,11)9(12,13)14/h5H,4H2,1-3H3. The van der Waals surface area contributed by atoms with Crippen LogP contribution in [-0.2, 0) is 10.9 Å². The Morgan fingerprint density at radius 3 is 2.06 bits per heavy atom. The van der Waals surface area contributed by atoms with Gasteiger partial charge in [0.05, 0.1) is 5.69 Å². The minimum absolute atomic E-state index is 0.115. The van der Waals surface area contributed by atoms with Crippen LogP contribution >= 0.6 is 58.0 Å². The molecule has 0 aliphatic rings. The minimum atomic E-state index is -1.88. The molecule has 0 fully saturated rings. The summed E-state index contributed by atoms with van der Waals surface area (Å²) in [6, 6.07) is 0. The largest absolute Gasteiger partial charge is 0.249 e. The lowest BCUT2D eigenvalue weighted by Crippen LogP contribution is -2.30. The zero-order chi connectivity index (χ0) is 13.4. The Kier molecular flexibility index (Phi) is 4.88. The molecule has 0 bridgehead atoms. The SMILES string of the molecule is CCn1nnc(C(Cl)(Cl)C(Cl)(Cl)Cl)c1C(C)C. The van der Waals surface area contributed by atoms with E-state index in [0.29, 0.717) is 6.54 Å². The van der Waals surface area contributed by atoms with Crippen LogP contribution in [0.25, 0.3) is 0 Å². The number of halogens is 5. The second kappa shape index (κ2) is 5.30. The lowest BCUT2D eigenvalue weighted by molar-refractivity contribution is 0.578. The second-order valence-electron chi connectivity index (χ2n) is 3.87. The molecule has 17 heavy (non-hydrogen) atoms. The van der Waals surface area contributed by atoms with Gasteiger partial charge in [-0.1, -0.05) is 77.1 Å². The van der Waals surface area contributed by atoms with Crippen LogP contribution in [0.15, 0.2) is 0 Å². The quantitative estimate of drug-likeness (QED) is 0.763. The Morgan fingerprint density at radius 1 is 1.18 bits per heavy atom. The topological polar surface area (TPSA) is 30.7 Å². The van der Waals surface area contributed by atoms with Crippen LogP contribution in [0.3, 0.4) is 0 Å². The van der Waals surface area contributed by atoms with E-state index < -0.39 is 8.13 Å². The first-order chi connectivity index (χ1) is 7.63. The normalized spacial score (nSPS) is 13.5. The van der Waals surface area contributed by atoms with Crippen molar-refractivity contribution in [2.75, 3.05) is 0 Å². The number of nitrogens with zero attached hydrogens (tertiary/aromatic N) is 3. The van der Waals surface area contributed by atoms with Gasteiger partial charge in [-0.3, -0.25) is 0 Å². The molecule has 3 nitrogen and oxygen atoms in total. The van der Waals surface area contributed by atoms with Gasteiger partial charge in [-0.25, -0.2) is 4.68 Å².